The van der Waals surface area contributed by atoms with Gasteiger partial charge in [-0.15, -0.1) is 0 Å². The molecule has 0 aromatic heterocycles. The standard InChI is InChI=1S/C17H27ClFN/c1-12(2)10-20-11-14(17(3,4)5)8-13-9-15(18)6-7-16(13)19/h6-7,9,12,14,20H,8,10-11H2,1-5H3. The van der Waals surface area contributed by atoms with Gasteiger partial charge in [0.05, 0.1) is 0 Å². The summed E-state index contributed by atoms with van der Waals surface area (Å²) in [6, 6.07) is 4.81. The van der Waals surface area contributed by atoms with Crippen LogP contribution in [0.5, 0.6) is 0 Å². The molecule has 1 rings (SSSR count). The Morgan fingerprint density at radius 3 is 2.40 bits per heavy atom. The molecule has 0 heterocycles. The summed E-state index contributed by atoms with van der Waals surface area (Å²) >= 11 is 5.98. The molecule has 0 spiro atoms. The van der Waals surface area contributed by atoms with Crippen molar-refractivity contribution in [3.05, 3.63) is 34.6 Å². The molecule has 0 amide bonds. The van der Waals surface area contributed by atoms with Crippen molar-refractivity contribution < 1.29 is 4.39 Å². The van der Waals surface area contributed by atoms with Gasteiger partial charge in [-0.25, -0.2) is 4.39 Å². The molecule has 0 aliphatic carbocycles. The van der Waals surface area contributed by atoms with E-state index in [0.717, 1.165) is 13.1 Å². The van der Waals surface area contributed by atoms with E-state index in [1.165, 1.54) is 6.07 Å². The molecule has 1 unspecified atom stereocenters. The number of rotatable bonds is 6. The van der Waals surface area contributed by atoms with E-state index in [0.29, 0.717) is 28.8 Å². The maximum atomic E-state index is 13.9. The highest BCUT2D eigenvalue weighted by Gasteiger charge is 2.25. The quantitative estimate of drug-likeness (QED) is 0.785. The van der Waals surface area contributed by atoms with Gasteiger partial charge < -0.3 is 5.32 Å². The van der Waals surface area contributed by atoms with Crippen LogP contribution in [0.1, 0.15) is 40.2 Å². The van der Waals surface area contributed by atoms with E-state index in [9.17, 15) is 4.39 Å². The highest BCUT2D eigenvalue weighted by atomic mass is 35.5. The minimum atomic E-state index is -0.160. The highest BCUT2D eigenvalue weighted by Crippen LogP contribution is 2.30. The Labute approximate surface area is 127 Å². The van der Waals surface area contributed by atoms with Crippen LogP contribution in [0.4, 0.5) is 4.39 Å². The molecule has 0 radical (unpaired) electrons. The minimum Gasteiger partial charge on any atom is -0.316 e. The van der Waals surface area contributed by atoms with Crippen molar-refractivity contribution in [3.63, 3.8) is 0 Å². The van der Waals surface area contributed by atoms with Crippen molar-refractivity contribution in [2.24, 2.45) is 17.3 Å². The van der Waals surface area contributed by atoms with Crippen molar-refractivity contribution >= 4 is 11.6 Å². The van der Waals surface area contributed by atoms with Gasteiger partial charge in [-0.2, -0.15) is 0 Å². The predicted octanol–water partition coefficient (Wildman–Crippen LogP) is 4.93. The molecule has 1 N–H and O–H groups in total. The Bertz CT molecular complexity index is 423. The van der Waals surface area contributed by atoms with E-state index in [-0.39, 0.29) is 11.2 Å². The lowest BCUT2D eigenvalue weighted by molar-refractivity contribution is 0.227. The Kier molecular flexibility index (Phi) is 6.47. The first-order valence-corrected chi connectivity index (χ1v) is 7.72. The van der Waals surface area contributed by atoms with E-state index >= 15 is 0 Å². The van der Waals surface area contributed by atoms with Crippen LogP contribution in [-0.2, 0) is 6.42 Å². The second-order valence-electron chi connectivity index (χ2n) is 7.05. The van der Waals surface area contributed by atoms with Gasteiger partial charge in [-0.05, 0) is 60.5 Å². The van der Waals surface area contributed by atoms with Crippen molar-refractivity contribution in [2.45, 2.75) is 41.0 Å². The van der Waals surface area contributed by atoms with Crippen LogP contribution in [0.3, 0.4) is 0 Å². The van der Waals surface area contributed by atoms with E-state index in [1.807, 2.05) is 0 Å². The third kappa shape index (κ3) is 5.80. The van der Waals surface area contributed by atoms with E-state index in [2.05, 4.69) is 39.9 Å². The van der Waals surface area contributed by atoms with Gasteiger partial charge in [0.15, 0.2) is 0 Å². The van der Waals surface area contributed by atoms with Gasteiger partial charge in [-0.1, -0.05) is 46.2 Å². The van der Waals surface area contributed by atoms with Gasteiger partial charge in [0, 0.05) is 5.02 Å². The van der Waals surface area contributed by atoms with Crippen molar-refractivity contribution in [3.8, 4) is 0 Å². The van der Waals surface area contributed by atoms with Crippen LogP contribution in [0.2, 0.25) is 5.02 Å². The van der Waals surface area contributed by atoms with Crippen molar-refractivity contribution in [1.29, 1.82) is 0 Å². The van der Waals surface area contributed by atoms with Crippen molar-refractivity contribution in [2.75, 3.05) is 13.1 Å². The molecule has 1 atom stereocenters. The third-order valence-corrected chi connectivity index (χ3v) is 3.88. The summed E-state index contributed by atoms with van der Waals surface area (Å²) in [5.74, 6) is 0.834. The fourth-order valence-electron chi connectivity index (χ4n) is 2.20. The molecular formula is C17H27ClFN. The first-order valence-electron chi connectivity index (χ1n) is 7.34. The zero-order valence-electron chi connectivity index (χ0n) is 13.3. The Balaban J connectivity index is 2.76. The fraction of sp³-hybridized carbons (Fsp3) is 0.647. The normalized spacial score (nSPS) is 13.8. The average Bonchev–Trinajstić information content (AvgIpc) is 2.30. The Hall–Kier alpha value is -0.600. The molecular weight excluding hydrogens is 273 g/mol. The van der Waals surface area contributed by atoms with E-state index in [4.69, 9.17) is 11.6 Å². The summed E-state index contributed by atoms with van der Waals surface area (Å²) in [5.41, 5.74) is 0.836. The first kappa shape index (κ1) is 17.5. The van der Waals surface area contributed by atoms with Crippen LogP contribution in [0.25, 0.3) is 0 Å². The van der Waals surface area contributed by atoms with E-state index in [1.54, 1.807) is 12.1 Å². The smallest absolute Gasteiger partial charge is 0.126 e. The summed E-state index contributed by atoms with van der Waals surface area (Å²) in [6.45, 7) is 12.9. The SMILES string of the molecule is CC(C)CNCC(Cc1cc(Cl)ccc1F)C(C)(C)C. The molecule has 1 nitrogen and oxygen atoms in total. The molecule has 3 heteroatoms. The first-order chi connectivity index (χ1) is 9.20. The van der Waals surface area contributed by atoms with E-state index < -0.39 is 0 Å². The second-order valence-corrected chi connectivity index (χ2v) is 7.49. The van der Waals surface area contributed by atoms with Gasteiger partial charge in [0.25, 0.3) is 0 Å². The molecule has 1 aromatic carbocycles. The Morgan fingerprint density at radius 1 is 1.20 bits per heavy atom. The summed E-state index contributed by atoms with van der Waals surface area (Å²) in [5, 5.41) is 4.09. The highest BCUT2D eigenvalue weighted by molar-refractivity contribution is 6.30. The molecule has 0 aliphatic rings. The molecule has 0 bridgehead atoms. The predicted molar refractivity (Wildman–Crippen MR) is 85.8 cm³/mol. The summed E-state index contributed by atoms with van der Waals surface area (Å²) in [4.78, 5) is 0. The number of hydrogen-bond acceptors (Lipinski definition) is 1. The topological polar surface area (TPSA) is 12.0 Å². The lowest BCUT2D eigenvalue weighted by Gasteiger charge is -2.31. The third-order valence-electron chi connectivity index (χ3n) is 3.64. The zero-order valence-corrected chi connectivity index (χ0v) is 14.0. The van der Waals surface area contributed by atoms with Crippen molar-refractivity contribution in [1.82, 2.24) is 5.32 Å². The maximum absolute atomic E-state index is 13.9. The van der Waals surface area contributed by atoms with Gasteiger partial charge in [0.2, 0.25) is 0 Å². The molecule has 0 fully saturated rings. The zero-order chi connectivity index (χ0) is 15.3. The fourth-order valence-corrected chi connectivity index (χ4v) is 2.39. The molecule has 20 heavy (non-hydrogen) atoms. The monoisotopic (exact) mass is 299 g/mol. The molecule has 0 aliphatic heterocycles. The molecule has 0 saturated carbocycles. The minimum absolute atomic E-state index is 0.124. The average molecular weight is 300 g/mol. The molecule has 1 aromatic rings. The number of hydrogen-bond donors (Lipinski definition) is 1. The number of nitrogens with one attached hydrogen (secondary N) is 1. The second kappa shape index (κ2) is 7.42. The van der Waals surface area contributed by atoms with Crippen LogP contribution in [0.15, 0.2) is 18.2 Å². The lowest BCUT2D eigenvalue weighted by Crippen LogP contribution is -2.35. The lowest BCUT2D eigenvalue weighted by atomic mass is 9.77. The summed E-state index contributed by atoms with van der Waals surface area (Å²) < 4.78 is 13.9. The number of halogens is 2. The maximum Gasteiger partial charge on any atom is 0.126 e. The van der Waals surface area contributed by atoms with Crippen LogP contribution in [0, 0.1) is 23.1 Å². The van der Waals surface area contributed by atoms with Crippen LogP contribution >= 0.6 is 11.6 Å². The molecule has 0 saturated heterocycles. The van der Waals surface area contributed by atoms with Crippen LogP contribution in [-0.4, -0.2) is 13.1 Å². The van der Waals surface area contributed by atoms with Gasteiger partial charge in [0.1, 0.15) is 5.82 Å². The van der Waals surface area contributed by atoms with Gasteiger partial charge >= 0.3 is 0 Å². The Morgan fingerprint density at radius 2 is 1.85 bits per heavy atom. The summed E-state index contributed by atoms with van der Waals surface area (Å²) in [7, 11) is 0. The summed E-state index contributed by atoms with van der Waals surface area (Å²) in [6.07, 6.45) is 0.709. The number of benzene rings is 1. The largest absolute Gasteiger partial charge is 0.316 e. The van der Waals surface area contributed by atoms with Gasteiger partial charge in [-0.3, -0.25) is 0 Å². The van der Waals surface area contributed by atoms with Crippen LogP contribution < -0.4 is 5.32 Å². The molecule has 114 valence electrons.